The van der Waals surface area contributed by atoms with E-state index in [-0.39, 0.29) is 12.0 Å². The molecule has 120 valence electrons. The Hall–Kier alpha value is -2.29. The van der Waals surface area contributed by atoms with Gasteiger partial charge < -0.3 is 9.64 Å². The highest BCUT2D eigenvalue weighted by molar-refractivity contribution is 5.78. The molecule has 1 amide bonds. The molecule has 1 aliphatic rings. The van der Waals surface area contributed by atoms with Crippen molar-refractivity contribution in [3.05, 3.63) is 65.7 Å². The van der Waals surface area contributed by atoms with E-state index in [0.29, 0.717) is 6.42 Å². The number of carbonyl (C=O) groups is 1. The fourth-order valence-electron chi connectivity index (χ4n) is 2.91. The van der Waals surface area contributed by atoms with E-state index in [4.69, 9.17) is 4.74 Å². The van der Waals surface area contributed by atoms with Crippen LogP contribution in [0, 0.1) is 6.92 Å². The van der Waals surface area contributed by atoms with Crippen LogP contribution in [0.4, 0.5) is 0 Å². The maximum atomic E-state index is 12.4. The van der Waals surface area contributed by atoms with Crippen LogP contribution in [-0.4, -0.2) is 30.0 Å². The van der Waals surface area contributed by atoms with Crippen molar-refractivity contribution >= 4 is 5.91 Å². The Morgan fingerprint density at radius 3 is 2.35 bits per heavy atom. The second-order valence-corrected chi connectivity index (χ2v) is 6.17. The fraction of sp³-hybridized carbons (Fsp3) is 0.350. The molecule has 3 nitrogen and oxygen atoms in total. The number of hydrogen-bond acceptors (Lipinski definition) is 2. The highest BCUT2D eigenvalue weighted by Crippen LogP contribution is 2.20. The molecule has 0 saturated carbocycles. The van der Waals surface area contributed by atoms with E-state index in [0.717, 1.165) is 37.2 Å². The number of hydrogen-bond donors (Lipinski definition) is 0. The third-order valence-corrected chi connectivity index (χ3v) is 4.32. The summed E-state index contributed by atoms with van der Waals surface area (Å²) < 4.78 is 6.02. The zero-order chi connectivity index (χ0) is 16.1. The predicted octanol–water partition coefficient (Wildman–Crippen LogP) is 3.61. The minimum atomic E-state index is 0.207. The van der Waals surface area contributed by atoms with E-state index in [1.807, 2.05) is 47.4 Å². The minimum Gasteiger partial charge on any atom is -0.490 e. The Morgan fingerprint density at radius 1 is 1.04 bits per heavy atom. The van der Waals surface area contributed by atoms with Crippen LogP contribution in [-0.2, 0) is 11.2 Å². The van der Waals surface area contributed by atoms with Crippen LogP contribution < -0.4 is 4.74 Å². The standard InChI is InChI=1S/C20H23NO2/c1-16-7-9-18(10-8-16)23-19-11-13-21(14-12-19)20(22)15-17-5-3-2-4-6-17/h2-10,19H,11-15H2,1H3. The number of benzene rings is 2. The highest BCUT2D eigenvalue weighted by Gasteiger charge is 2.23. The van der Waals surface area contributed by atoms with E-state index in [1.54, 1.807) is 0 Å². The SMILES string of the molecule is Cc1ccc(OC2CCN(C(=O)Cc3ccccc3)CC2)cc1. The van der Waals surface area contributed by atoms with E-state index in [9.17, 15) is 4.79 Å². The summed E-state index contributed by atoms with van der Waals surface area (Å²) in [6.45, 7) is 3.63. The minimum absolute atomic E-state index is 0.207. The van der Waals surface area contributed by atoms with Gasteiger partial charge in [-0.15, -0.1) is 0 Å². The first-order chi connectivity index (χ1) is 11.2. The third kappa shape index (κ3) is 4.35. The smallest absolute Gasteiger partial charge is 0.226 e. The van der Waals surface area contributed by atoms with Crippen LogP contribution in [0.25, 0.3) is 0 Å². The number of nitrogens with zero attached hydrogens (tertiary/aromatic N) is 1. The lowest BCUT2D eigenvalue weighted by Crippen LogP contribution is -2.42. The van der Waals surface area contributed by atoms with Crippen molar-refractivity contribution in [2.45, 2.75) is 32.3 Å². The molecule has 2 aromatic rings. The molecule has 0 aromatic heterocycles. The first-order valence-electron chi connectivity index (χ1n) is 8.26. The number of piperidine rings is 1. The lowest BCUT2D eigenvalue weighted by molar-refractivity contribution is -0.132. The van der Waals surface area contributed by atoms with Crippen molar-refractivity contribution in [2.75, 3.05) is 13.1 Å². The molecule has 2 aromatic carbocycles. The summed E-state index contributed by atoms with van der Waals surface area (Å²) >= 11 is 0. The van der Waals surface area contributed by atoms with Gasteiger partial charge in [-0.1, -0.05) is 48.0 Å². The molecule has 0 radical (unpaired) electrons. The molecule has 0 spiro atoms. The lowest BCUT2D eigenvalue weighted by atomic mass is 10.1. The Balaban J connectivity index is 1.48. The molecule has 3 rings (SSSR count). The molecule has 23 heavy (non-hydrogen) atoms. The molecular weight excluding hydrogens is 286 g/mol. The van der Waals surface area contributed by atoms with Gasteiger partial charge in [-0.05, 0) is 24.6 Å². The Bertz CT molecular complexity index is 628. The van der Waals surface area contributed by atoms with Crippen molar-refractivity contribution in [3.63, 3.8) is 0 Å². The first-order valence-corrected chi connectivity index (χ1v) is 8.26. The van der Waals surface area contributed by atoms with Crippen LogP contribution in [0.3, 0.4) is 0 Å². The monoisotopic (exact) mass is 309 g/mol. The van der Waals surface area contributed by atoms with Crippen LogP contribution in [0.1, 0.15) is 24.0 Å². The van der Waals surface area contributed by atoms with Gasteiger partial charge in [0.25, 0.3) is 0 Å². The number of carbonyl (C=O) groups excluding carboxylic acids is 1. The van der Waals surface area contributed by atoms with Crippen LogP contribution in [0.5, 0.6) is 5.75 Å². The second kappa shape index (κ2) is 7.32. The van der Waals surface area contributed by atoms with E-state index in [1.165, 1.54) is 5.56 Å². The molecule has 3 heteroatoms. The van der Waals surface area contributed by atoms with Crippen molar-refractivity contribution in [1.82, 2.24) is 4.90 Å². The lowest BCUT2D eigenvalue weighted by Gasteiger charge is -2.32. The molecule has 0 bridgehead atoms. The largest absolute Gasteiger partial charge is 0.490 e. The van der Waals surface area contributed by atoms with Gasteiger partial charge in [0, 0.05) is 25.9 Å². The molecular formula is C20H23NO2. The van der Waals surface area contributed by atoms with Crippen molar-refractivity contribution in [1.29, 1.82) is 0 Å². The first kappa shape index (κ1) is 15.6. The molecule has 0 N–H and O–H groups in total. The zero-order valence-corrected chi connectivity index (χ0v) is 13.6. The third-order valence-electron chi connectivity index (χ3n) is 4.32. The normalized spacial score (nSPS) is 15.4. The van der Waals surface area contributed by atoms with Gasteiger partial charge in [0.05, 0.1) is 6.42 Å². The molecule has 1 fully saturated rings. The average molecular weight is 309 g/mol. The molecule has 1 aliphatic heterocycles. The maximum Gasteiger partial charge on any atom is 0.226 e. The van der Waals surface area contributed by atoms with Gasteiger partial charge in [0.2, 0.25) is 5.91 Å². The summed E-state index contributed by atoms with van der Waals surface area (Å²) in [6.07, 6.45) is 2.49. The van der Waals surface area contributed by atoms with Crippen LogP contribution in [0.2, 0.25) is 0 Å². The summed E-state index contributed by atoms with van der Waals surface area (Å²) in [6, 6.07) is 18.1. The maximum absolute atomic E-state index is 12.4. The van der Waals surface area contributed by atoms with Crippen molar-refractivity contribution in [3.8, 4) is 5.75 Å². The van der Waals surface area contributed by atoms with Gasteiger partial charge >= 0.3 is 0 Å². The fourth-order valence-corrected chi connectivity index (χ4v) is 2.91. The summed E-state index contributed by atoms with van der Waals surface area (Å²) in [5.74, 6) is 1.13. The van der Waals surface area contributed by atoms with Gasteiger partial charge in [-0.2, -0.15) is 0 Å². The summed E-state index contributed by atoms with van der Waals surface area (Å²) in [5, 5.41) is 0. The number of amides is 1. The molecule has 0 atom stereocenters. The Morgan fingerprint density at radius 2 is 1.70 bits per heavy atom. The van der Waals surface area contributed by atoms with Gasteiger partial charge in [0.15, 0.2) is 0 Å². The van der Waals surface area contributed by atoms with Crippen LogP contribution >= 0.6 is 0 Å². The van der Waals surface area contributed by atoms with Gasteiger partial charge in [0.1, 0.15) is 11.9 Å². The molecule has 1 saturated heterocycles. The van der Waals surface area contributed by atoms with Gasteiger partial charge in [-0.3, -0.25) is 4.79 Å². The topological polar surface area (TPSA) is 29.5 Å². The predicted molar refractivity (Wildman–Crippen MR) is 91.6 cm³/mol. The average Bonchev–Trinajstić information content (AvgIpc) is 2.58. The summed E-state index contributed by atoms with van der Waals surface area (Å²) in [4.78, 5) is 14.3. The number of aryl methyl sites for hydroxylation is 1. The molecule has 1 heterocycles. The van der Waals surface area contributed by atoms with E-state index >= 15 is 0 Å². The van der Waals surface area contributed by atoms with E-state index < -0.39 is 0 Å². The molecule has 0 aliphatic carbocycles. The zero-order valence-electron chi connectivity index (χ0n) is 13.6. The van der Waals surface area contributed by atoms with Gasteiger partial charge in [-0.25, -0.2) is 0 Å². The van der Waals surface area contributed by atoms with Crippen molar-refractivity contribution < 1.29 is 9.53 Å². The van der Waals surface area contributed by atoms with E-state index in [2.05, 4.69) is 19.1 Å². The Kier molecular flexibility index (Phi) is 4.96. The second-order valence-electron chi connectivity index (χ2n) is 6.17. The summed E-state index contributed by atoms with van der Waals surface area (Å²) in [5.41, 5.74) is 2.31. The quantitative estimate of drug-likeness (QED) is 0.863. The Labute approximate surface area is 137 Å². The number of rotatable bonds is 4. The van der Waals surface area contributed by atoms with Crippen molar-refractivity contribution in [2.24, 2.45) is 0 Å². The summed E-state index contributed by atoms with van der Waals surface area (Å²) in [7, 11) is 0. The number of likely N-dealkylation sites (tertiary alicyclic amines) is 1. The number of ether oxygens (including phenoxy) is 1. The highest BCUT2D eigenvalue weighted by atomic mass is 16.5. The molecule has 0 unspecified atom stereocenters. The van der Waals surface area contributed by atoms with Crippen LogP contribution in [0.15, 0.2) is 54.6 Å².